The Labute approximate surface area is 381 Å². The largest absolute Gasteiger partial charge is 0.508 e. The van der Waals surface area contributed by atoms with Crippen LogP contribution in [0.15, 0.2) is 236 Å². The van der Waals surface area contributed by atoms with Crippen molar-refractivity contribution in [1.82, 2.24) is 0 Å². The number of hydrogen-bond acceptors (Lipinski definition) is 6. The lowest BCUT2D eigenvalue weighted by Gasteiger charge is -2.22. The molecule has 7 aromatic carbocycles. The predicted molar refractivity (Wildman–Crippen MR) is 262 cm³/mol. The summed E-state index contributed by atoms with van der Waals surface area (Å²) >= 11 is 0. The van der Waals surface area contributed by atoms with Crippen LogP contribution in [0.5, 0.6) is 17.2 Å². The highest BCUT2D eigenvalue weighted by Gasteiger charge is 2.42. The van der Waals surface area contributed by atoms with Gasteiger partial charge in [-0.25, -0.2) is 0 Å². The third-order valence-corrected chi connectivity index (χ3v) is 9.27. The molecule has 0 aromatic heterocycles. The monoisotopic (exact) mass is 877 g/mol. The van der Waals surface area contributed by atoms with E-state index in [2.05, 4.69) is 73.3 Å². The molecular formula is C55H58F3N5O2. The van der Waals surface area contributed by atoms with E-state index in [1.54, 1.807) is 31.2 Å². The van der Waals surface area contributed by atoms with Gasteiger partial charge in [0.1, 0.15) is 29.0 Å². The van der Waals surface area contributed by atoms with Crippen molar-refractivity contribution in [3.63, 3.8) is 0 Å². The molecule has 1 unspecified atom stereocenters. The number of hydrogen-bond donors (Lipinski definition) is 5. The van der Waals surface area contributed by atoms with Gasteiger partial charge in [0.2, 0.25) is 0 Å². The van der Waals surface area contributed by atoms with E-state index in [1.807, 2.05) is 121 Å². The zero-order chi connectivity index (χ0) is 47.5. The topological polar surface area (TPSA) is 146 Å². The number of nitrogens with two attached hydrogens (primary N) is 4. The summed E-state index contributed by atoms with van der Waals surface area (Å²) in [4.78, 5) is 0. The van der Waals surface area contributed by atoms with E-state index >= 15 is 0 Å². The summed E-state index contributed by atoms with van der Waals surface area (Å²) in [5.74, 6) is 13.0. The molecule has 0 spiro atoms. The van der Waals surface area contributed by atoms with Gasteiger partial charge < -0.3 is 21.4 Å². The van der Waals surface area contributed by atoms with Gasteiger partial charge in [0.15, 0.2) is 0 Å². The van der Waals surface area contributed by atoms with Crippen LogP contribution in [-0.4, -0.2) is 17.1 Å². The summed E-state index contributed by atoms with van der Waals surface area (Å²) < 4.78 is 47.2. The van der Waals surface area contributed by atoms with Gasteiger partial charge in [-0.15, -0.1) is 0 Å². The third kappa shape index (κ3) is 19.5. The number of benzene rings is 7. The normalized spacial score (nSPS) is 11.2. The molecule has 336 valence electrons. The summed E-state index contributed by atoms with van der Waals surface area (Å²) in [7, 11) is 0. The molecule has 0 aliphatic carbocycles. The molecule has 7 aromatic rings. The molecule has 1 atom stereocenters. The highest BCUT2D eigenvalue weighted by Crippen LogP contribution is 2.41. The van der Waals surface area contributed by atoms with E-state index in [0.29, 0.717) is 28.7 Å². The van der Waals surface area contributed by atoms with Gasteiger partial charge in [0.05, 0.1) is 0 Å². The number of alkyl halides is 3. The van der Waals surface area contributed by atoms with E-state index < -0.39 is 12.1 Å². The van der Waals surface area contributed by atoms with E-state index in [0.717, 1.165) is 24.0 Å². The van der Waals surface area contributed by atoms with Crippen molar-refractivity contribution in [2.45, 2.75) is 38.8 Å². The number of phenolic OH excluding ortho intramolecular Hbond substituents is 1. The lowest BCUT2D eigenvalue weighted by atomic mass is 9.89. The van der Waals surface area contributed by atoms with Gasteiger partial charge >= 0.3 is 6.18 Å². The lowest BCUT2D eigenvalue weighted by molar-refractivity contribution is -0.141. The molecular weight excluding hydrogens is 820 g/mol. The SMILES string of the molecule is C=C/C(=C/C(=C)C)C(c1ccc(Oc2ccc(Cc3ccccc3)cc2)cc1)C(F)(F)F.Cc1ccccc1.N/N=C(\N)c1ccccc1.NN.Oc1ccc(Cc2ccccc2)cc1. The van der Waals surface area contributed by atoms with Crippen LogP contribution >= 0.6 is 0 Å². The Morgan fingerprint density at radius 3 is 1.38 bits per heavy atom. The number of amidine groups is 1. The van der Waals surface area contributed by atoms with Gasteiger partial charge in [-0.1, -0.05) is 194 Å². The molecule has 9 N–H and O–H groups in total. The molecule has 0 amide bonds. The molecule has 0 radical (unpaired) electrons. The number of phenols is 1. The second kappa shape index (κ2) is 28.1. The number of ether oxygens (including phenoxy) is 1. The minimum absolute atomic E-state index is 0.0627. The number of hydrazine groups is 1. The first-order valence-corrected chi connectivity index (χ1v) is 20.6. The van der Waals surface area contributed by atoms with Gasteiger partial charge in [-0.05, 0) is 96.5 Å². The molecule has 7 nitrogen and oxygen atoms in total. The number of nitrogens with zero attached hydrogens (tertiary/aromatic N) is 1. The van der Waals surface area contributed by atoms with Crippen LogP contribution in [0.4, 0.5) is 13.2 Å². The summed E-state index contributed by atoms with van der Waals surface area (Å²) in [6.07, 6.45) is -0.0770. The summed E-state index contributed by atoms with van der Waals surface area (Å²) in [6.45, 7) is 11.0. The zero-order valence-electron chi connectivity index (χ0n) is 36.8. The van der Waals surface area contributed by atoms with Crippen molar-refractivity contribution in [3.8, 4) is 17.2 Å². The van der Waals surface area contributed by atoms with Crippen LogP contribution in [0, 0.1) is 6.92 Å². The third-order valence-electron chi connectivity index (χ3n) is 9.27. The summed E-state index contributed by atoms with van der Waals surface area (Å²) in [5, 5.41) is 12.5. The molecule has 10 heteroatoms. The van der Waals surface area contributed by atoms with E-state index in [1.165, 1.54) is 46.5 Å². The second-order valence-corrected chi connectivity index (χ2v) is 14.5. The maximum Gasteiger partial charge on any atom is 0.399 e. The molecule has 0 aliphatic heterocycles. The summed E-state index contributed by atoms with van der Waals surface area (Å²) in [6, 6.07) is 61.1. The molecule has 0 fully saturated rings. The maximum atomic E-state index is 13.8. The first-order valence-electron chi connectivity index (χ1n) is 20.6. The molecule has 0 bridgehead atoms. The van der Waals surface area contributed by atoms with Gasteiger partial charge in [0, 0.05) is 5.56 Å². The molecule has 0 saturated heterocycles. The van der Waals surface area contributed by atoms with Crippen LogP contribution in [0.2, 0.25) is 0 Å². The van der Waals surface area contributed by atoms with Crippen molar-refractivity contribution < 1.29 is 23.0 Å². The fourth-order valence-corrected chi connectivity index (χ4v) is 6.15. The highest BCUT2D eigenvalue weighted by molar-refractivity contribution is 5.97. The first kappa shape index (κ1) is 51.7. The molecule has 0 aliphatic rings. The maximum absolute atomic E-state index is 13.8. The first-order chi connectivity index (χ1) is 31.3. The molecule has 0 saturated carbocycles. The Kier molecular flexibility index (Phi) is 22.4. The van der Waals surface area contributed by atoms with Gasteiger partial charge in [-0.2, -0.15) is 18.3 Å². The average molecular weight is 878 g/mol. The number of aromatic hydroxyl groups is 1. The average Bonchev–Trinajstić information content (AvgIpc) is 3.32. The highest BCUT2D eigenvalue weighted by atomic mass is 19.4. The van der Waals surface area contributed by atoms with E-state index in [9.17, 15) is 13.2 Å². The number of halogens is 3. The Morgan fingerprint density at radius 1 is 0.631 bits per heavy atom. The number of rotatable bonds is 11. The Morgan fingerprint density at radius 2 is 1.02 bits per heavy atom. The van der Waals surface area contributed by atoms with Crippen LogP contribution in [-0.2, 0) is 12.8 Å². The quantitative estimate of drug-likeness (QED) is 0.0288. The van der Waals surface area contributed by atoms with Crippen LogP contribution in [0.1, 0.15) is 51.8 Å². The van der Waals surface area contributed by atoms with Crippen LogP contribution in [0.25, 0.3) is 0 Å². The van der Waals surface area contributed by atoms with Crippen molar-refractivity contribution in [2.75, 3.05) is 0 Å². The van der Waals surface area contributed by atoms with Crippen LogP contribution in [0.3, 0.4) is 0 Å². The standard InChI is InChI=1S/C28H25F3O.C13H12O.C7H9N3.C7H8.H4N2/c1-4-23(18-20(2)3)27(28(29,30)31)24-12-16-26(17-13-24)32-25-14-10-22(11-15-25)19-21-8-6-5-7-9-21;14-13-8-6-12(7-9-13)10-11-4-2-1-3-5-11;8-7(10-9)6-4-2-1-3-5-6;1-7-5-3-2-4-6-7;1-2/h4-18,27H,1-2,19H2,3H3;1-9,14H,10H2;1-5H,9H2,(H2,8,10);2-6H,1H3;1-2H2/b23-18-;;;;. The predicted octanol–water partition coefficient (Wildman–Crippen LogP) is 12.5. The lowest BCUT2D eigenvalue weighted by Crippen LogP contribution is -2.22. The van der Waals surface area contributed by atoms with E-state index in [-0.39, 0.29) is 11.1 Å². The Bertz CT molecular complexity index is 2460. The fourth-order valence-electron chi connectivity index (χ4n) is 6.15. The Balaban J connectivity index is 0.000000275. The number of hydrazone groups is 1. The van der Waals surface area contributed by atoms with Crippen molar-refractivity contribution in [2.24, 2.45) is 28.4 Å². The smallest absolute Gasteiger partial charge is 0.399 e. The zero-order valence-corrected chi connectivity index (χ0v) is 36.8. The van der Waals surface area contributed by atoms with Crippen LogP contribution < -0.4 is 28.0 Å². The molecule has 0 heterocycles. The minimum atomic E-state index is -4.45. The second-order valence-electron chi connectivity index (χ2n) is 14.5. The van der Waals surface area contributed by atoms with Crippen molar-refractivity contribution in [3.05, 3.63) is 270 Å². The van der Waals surface area contributed by atoms with Gasteiger partial charge in [0.25, 0.3) is 0 Å². The molecule has 65 heavy (non-hydrogen) atoms. The summed E-state index contributed by atoms with van der Waals surface area (Å²) in [5.41, 5.74) is 13.2. The fraction of sp³-hybridized carbons (Fsp3) is 0.109. The van der Waals surface area contributed by atoms with Gasteiger partial charge in [-0.3, -0.25) is 11.7 Å². The Hall–Kier alpha value is -7.66. The number of allylic oxidation sites excluding steroid dienone is 4. The molecule has 7 rings (SSSR count). The number of aryl methyl sites for hydroxylation is 1. The van der Waals surface area contributed by atoms with Crippen molar-refractivity contribution in [1.29, 1.82) is 0 Å². The minimum Gasteiger partial charge on any atom is -0.508 e. The van der Waals surface area contributed by atoms with E-state index in [4.69, 9.17) is 21.4 Å². The van der Waals surface area contributed by atoms with Crippen molar-refractivity contribution >= 4 is 5.84 Å².